The van der Waals surface area contributed by atoms with Crippen molar-refractivity contribution in [3.05, 3.63) is 34.9 Å². The van der Waals surface area contributed by atoms with Crippen LogP contribution in [0.4, 0.5) is 0 Å². The Morgan fingerprint density at radius 1 is 1.24 bits per heavy atom. The Bertz CT molecular complexity index is 391. The molecule has 0 aliphatic rings. The molecular weight excluding hydrogens is 236 g/mol. The molecule has 1 aromatic carbocycles. The van der Waals surface area contributed by atoms with Crippen molar-refractivity contribution in [2.45, 2.75) is 39.8 Å². The van der Waals surface area contributed by atoms with Crippen LogP contribution in [0.2, 0.25) is 0 Å². The largest absolute Gasteiger partial charge is 0.348 e. The van der Waals surface area contributed by atoms with E-state index in [4.69, 9.17) is 5.73 Å². The molecule has 1 amide bonds. The normalized spacial score (nSPS) is 13.5. The van der Waals surface area contributed by atoms with Crippen molar-refractivity contribution in [2.24, 2.45) is 5.73 Å². The van der Waals surface area contributed by atoms with E-state index < -0.39 is 6.04 Å². The number of benzene rings is 1. The number of hydrogen-bond donors (Lipinski definition) is 2. The van der Waals surface area contributed by atoms with Crippen molar-refractivity contribution in [1.82, 2.24) is 5.32 Å². The predicted octanol–water partition coefficient (Wildman–Crippen LogP) is 2.25. The van der Waals surface area contributed by atoms with Crippen LogP contribution in [0.1, 0.15) is 36.6 Å². The van der Waals surface area contributed by atoms with Gasteiger partial charge in [0.05, 0.1) is 12.1 Å². The second kappa shape index (κ2) is 6.62. The minimum absolute atomic E-state index is 0. The summed E-state index contributed by atoms with van der Waals surface area (Å²) in [5.74, 6) is -0.120. The lowest BCUT2D eigenvalue weighted by Crippen LogP contribution is -2.39. The molecule has 2 atom stereocenters. The smallest absolute Gasteiger partial charge is 0.237 e. The van der Waals surface area contributed by atoms with Crippen molar-refractivity contribution < 1.29 is 4.79 Å². The molecule has 3 N–H and O–H groups in total. The first-order valence-corrected chi connectivity index (χ1v) is 5.55. The van der Waals surface area contributed by atoms with Gasteiger partial charge in [-0.05, 0) is 44.4 Å². The average Bonchev–Trinajstić information content (AvgIpc) is 2.21. The van der Waals surface area contributed by atoms with E-state index in [0.717, 1.165) is 5.56 Å². The van der Waals surface area contributed by atoms with E-state index >= 15 is 0 Å². The SMILES string of the molecule is Cc1ccc(C(C)NC(=O)[C@@H](C)N)cc1C.Cl. The Hall–Kier alpha value is -1.06. The van der Waals surface area contributed by atoms with E-state index in [1.54, 1.807) is 6.92 Å². The molecule has 1 unspecified atom stereocenters. The maximum Gasteiger partial charge on any atom is 0.237 e. The highest BCUT2D eigenvalue weighted by Gasteiger charge is 2.12. The molecule has 3 nitrogen and oxygen atoms in total. The third-order valence-electron chi connectivity index (χ3n) is 2.80. The highest BCUT2D eigenvalue weighted by Crippen LogP contribution is 2.16. The molecule has 0 fully saturated rings. The molecule has 0 saturated heterocycles. The second-order valence-corrected chi connectivity index (χ2v) is 4.36. The number of nitrogens with one attached hydrogen (secondary N) is 1. The van der Waals surface area contributed by atoms with Crippen LogP contribution in [0.25, 0.3) is 0 Å². The lowest BCUT2D eigenvalue weighted by Gasteiger charge is -2.17. The zero-order valence-corrected chi connectivity index (χ0v) is 11.6. The standard InChI is InChI=1S/C13H20N2O.ClH/c1-8-5-6-12(7-9(8)2)11(4)15-13(16)10(3)14;/h5-7,10-11H,14H2,1-4H3,(H,15,16);1H/t10-,11?;/m1./s1. The minimum Gasteiger partial charge on any atom is -0.348 e. The van der Waals surface area contributed by atoms with Gasteiger partial charge in [0.2, 0.25) is 5.91 Å². The molecule has 0 aliphatic carbocycles. The Kier molecular flexibility index (Phi) is 6.21. The molecule has 96 valence electrons. The van der Waals surface area contributed by atoms with Gasteiger partial charge in [0.1, 0.15) is 0 Å². The van der Waals surface area contributed by atoms with Gasteiger partial charge in [-0.1, -0.05) is 18.2 Å². The number of amides is 1. The average molecular weight is 257 g/mol. The Morgan fingerprint density at radius 2 is 1.82 bits per heavy atom. The van der Waals surface area contributed by atoms with Crippen LogP contribution in [0.15, 0.2) is 18.2 Å². The Morgan fingerprint density at radius 3 is 2.29 bits per heavy atom. The predicted molar refractivity (Wildman–Crippen MR) is 73.4 cm³/mol. The van der Waals surface area contributed by atoms with Gasteiger partial charge >= 0.3 is 0 Å². The lowest BCUT2D eigenvalue weighted by atomic mass is 10.0. The molecule has 0 spiro atoms. The van der Waals surface area contributed by atoms with Crippen LogP contribution in [0.3, 0.4) is 0 Å². The molecule has 17 heavy (non-hydrogen) atoms. The molecule has 1 aromatic rings. The zero-order chi connectivity index (χ0) is 12.3. The highest BCUT2D eigenvalue weighted by atomic mass is 35.5. The van der Waals surface area contributed by atoms with Crippen LogP contribution < -0.4 is 11.1 Å². The summed E-state index contributed by atoms with van der Waals surface area (Å²) in [7, 11) is 0. The number of rotatable bonds is 3. The number of halogens is 1. The van der Waals surface area contributed by atoms with Gasteiger partial charge in [-0.3, -0.25) is 4.79 Å². The van der Waals surface area contributed by atoms with Crippen LogP contribution in [0, 0.1) is 13.8 Å². The topological polar surface area (TPSA) is 55.1 Å². The second-order valence-electron chi connectivity index (χ2n) is 4.36. The summed E-state index contributed by atoms with van der Waals surface area (Å²) in [4.78, 5) is 11.4. The van der Waals surface area contributed by atoms with E-state index in [1.807, 2.05) is 13.0 Å². The highest BCUT2D eigenvalue weighted by molar-refractivity contribution is 5.85. The number of aryl methyl sites for hydroxylation is 2. The Labute approximate surface area is 109 Å². The summed E-state index contributed by atoms with van der Waals surface area (Å²) in [5.41, 5.74) is 9.11. The third kappa shape index (κ3) is 4.36. The molecule has 0 heterocycles. The number of carbonyl (C=O) groups is 1. The lowest BCUT2D eigenvalue weighted by molar-refractivity contribution is -0.122. The van der Waals surface area contributed by atoms with E-state index in [1.165, 1.54) is 11.1 Å². The first-order chi connectivity index (χ1) is 7.41. The maximum atomic E-state index is 11.4. The van der Waals surface area contributed by atoms with E-state index in [0.29, 0.717) is 0 Å². The van der Waals surface area contributed by atoms with Crippen molar-refractivity contribution in [1.29, 1.82) is 0 Å². The summed E-state index contributed by atoms with van der Waals surface area (Å²) >= 11 is 0. The molecule has 0 aromatic heterocycles. The molecule has 0 saturated carbocycles. The minimum atomic E-state index is -0.464. The molecule has 0 bridgehead atoms. The molecular formula is C13H21ClN2O. The number of hydrogen-bond acceptors (Lipinski definition) is 2. The summed E-state index contributed by atoms with van der Waals surface area (Å²) in [6.45, 7) is 7.79. The summed E-state index contributed by atoms with van der Waals surface area (Å²) in [5, 5.41) is 2.88. The molecule has 1 rings (SSSR count). The third-order valence-corrected chi connectivity index (χ3v) is 2.80. The van der Waals surface area contributed by atoms with Gasteiger partial charge in [-0.15, -0.1) is 12.4 Å². The zero-order valence-electron chi connectivity index (χ0n) is 10.8. The fourth-order valence-electron chi connectivity index (χ4n) is 1.46. The molecule has 0 aliphatic heterocycles. The van der Waals surface area contributed by atoms with Crippen molar-refractivity contribution in [3.8, 4) is 0 Å². The van der Waals surface area contributed by atoms with Gasteiger partial charge in [0, 0.05) is 0 Å². The first-order valence-electron chi connectivity index (χ1n) is 5.55. The fourth-order valence-corrected chi connectivity index (χ4v) is 1.46. The molecule has 4 heteroatoms. The van der Waals surface area contributed by atoms with Gasteiger partial charge in [0.15, 0.2) is 0 Å². The fraction of sp³-hybridized carbons (Fsp3) is 0.462. The first kappa shape index (κ1) is 15.9. The van der Waals surface area contributed by atoms with E-state index in [-0.39, 0.29) is 24.4 Å². The van der Waals surface area contributed by atoms with Gasteiger partial charge < -0.3 is 11.1 Å². The Balaban J connectivity index is 0.00000256. The van der Waals surface area contributed by atoms with Crippen molar-refractivity contribution >= 4 is 18.3 Å². The monoisotopic (exact) mass is 256 g/mol. The molecule has 0 radical (unpaired) electrons. The number of carbonyl (C=O) groups excluding carboxylic acids is 1. The van der Waals surface area contributed by atoms with Crippen LogP contribution in [-0.2, 0) is 4.79 Å². The van der Waals surface area contributed by atoms with Crippen molar-refractivity contribution in [2.75, 3.05) is 0 Å². The summed E-state index contributed by atoms with van der Waals surface area (Å²) in [6.07, 6.45) is 0. The van der Waals surface area contributed by atoms with E-state index in [2.05, 4.69) is 31.3 Å². The van der Waals surface area contributed by atoms with Gasteiger partial charge in [0.25, 0.3) is 0 Å². The van der Waals surface area contributed by atoms with E-state index in [9.17, 15) is 4.79 Å². The maximum absolute atomic E-state index is 11.4. The quantitative estimate of drug-likeness (QED) is 0.872. The van der Waals surface area contributed by atoms with Crippen molar-refractivity contribution in [3.63, 3.8) is 0 Å². The summed E-state index contributed by atoms with van der Waals surface area (Å²) in [6, 6.07) is 5.74. The van der Waals surface area contributed by atoms with Crippen LogP contribution >= 0.6 is 12.4 Å². The summed E-state index contributed by atoms with van der Waals surface area (Å²) < 4.78 is 0. The van der Waals surface area contributed by atoms with Gasteiger partial charge in [-0.25, -0.2) is 0 Å². The number of nitrogens with two attached hydrogens (primary N) is 1. The van der Waals surface area contributed by atoms with Crippen LogP contribution in [-0.4, -0.2) is 11.9 Å². The van der Waals surface area contributed by atoms with Crippen LogP contribution in [0.5, 0.6) is 0 Å². The van der Waals surface area contributed by atoms with Gasteiger partial charge in [-0.2, -0.15) is 0 Å².